The molecule has 3 N–H and O–H groups in total. The van der Waals surface area contributed by atoms with Gasteiger partial charge < -0.3 is 4.57 Å². The number of carbonyl (C=O) groups excluding carboxylic acids is 1. The number of aromatic nitrogens is 1. The Balaban J connectivity index is 2.22. The van der Waals surface area contributed by atoms with Gasteiger partial charge in [-0.25, -0.2) is 5.84 Å². The highest BCUT2D eigenvalue weighted by atomic mass is 16.2. The number of nitrogens with one attached hydrogen (secondary N) is 1. The van der Waals surface area contributed by atoms with E-state index < -0.39 is 0 Å². The second kappa shape index (κ2) is 4.38. The Hall–Kier alpha value is -1.81. The van der Waals surface area contributed by atoms with Crippen LogP contribution >= 0.6 is 0 Å². The van der Waals surface area contributed by atoms with Crippen molar-refractivity contribution in [2.24, 2.45) is 18.8 Å². The van der Waals surface area contributed by atoms with Crippen LogP contribution < -0.4 is 11.3 Å². The van der Waals surface area contributed by atoms with Crippen LogP contribution in [-0.4, -0.2) is 10.5 Å². The number of fused-ring (bicyclic) bond motifs is 3. The molecule has 1 unspecified atom stereocenters. The smallest absolute Gasteiger partial charge is 0.265 e. The Morgan fingerprint density at radius 1 is 1.47 bits per heavy atom. The molecule has 0 fully saturated rings. The lowest BCUT2D eigenvalue weighted by molar-refractivity contribution is 0.0954. The zero-order chi connectivity index (χ0) is 13.6. The minimum atomic E-state index is -0.233. The monoisotopic (exact) mass is 257 g/mol. The van der Waals surface area contributed by atoms with Gasteiger partial charge in [0.1, 0.15) is 0 Å². The van der Waals surface area contributed by atoms with Gasteiger partial charge in [0.05, 0.1) is 0 Å². The minimum absolute atomic E-state index is 0.233. The molecular weight excluding hydrogens is 238 g/mol. The number of rotatable bonds is 1. The van der Waals surface area contributed by atoms with Crippen molar-refractivity contribution in [2.45, 2.75) is 26.2 Å². The molecule has 1 atom stereocenters. The van der Waals surface area contributed by atoms with Crippen molar-refractivity contribution in [1.29, 1.82) is 0 Å². The van der Waals surface area contributed by atoms with E-state index in [0.29, 0.717) is 11.5 Å². The number of nitrogens with zero attached hydrogens (tertiary/aromatic N) is 1. The fourth-order valence-corrected chi connectivity index (χ4v) is 3.18. The molecule has 1 aliphatic rings. The van der Waals surface area contributed by atoms with E-state index in [1.54, 1.807) is 0 Å². The summed E-state index contributed by atoms with van der Waals surface area (Å²) in [6.45, 7) is 2.29. The van der Waals surface area contributed by atoms with Crippen molar-refractivity contribution < 1.29 is 4.79 Å². The molecule has 4 heteroatoms. The van der Waals surface area contributed by atoms with Crippen LogP contribution in [0.25, 0.3) is 10.9 Å². The van der Waals surface area contributed by atoms with Crippen LogP contribution in [0.1, 0.15) is 35.0 Å². The second-order valence-corrected chi connectivity index (χ2v) is 5.54. The predicted molar refractivity (Wildman–Crippen MR) is 75.8 cm³/mol. The third kappa shape index (κ3) is 1.83. The van der Waals surface area contributed by atoms with E-state index in [1.165, 1.54) is 28.6 Å². The Morgan fingerprint density at radius 3 is 3.00 bits per heavy atom. The van der Waals surface area contributed by atoms with Crippen molar-refractivity contribution in [2.75, 3.05) is 0 Å². The zero-order valence-corrected chi connectivity index (χ0v) is 11.4. The van der Waals surface area contributed by atoms with E-state index in [0.717, 1.165) is 12.8 Å². The molecule has 1 aromatic carbocycles. The van der Waals surface area contributed by atoms with Gasteiger partial charge in [-0.05, 0) is 48.9 Å². The van der Waals surface area contributed by atoms with Gasteiger partial charge in [-0.2, -0.15) is 0 Å². The van der Waals surface area contributed by atoms with Gasteiger partial charge in [-0.1, -0.05) is 6.92 Å². The fourth-order valence-electron chi connectivity index (χ4n) is 3.18. The fraction of sp³-hybridized carbons (Fsp3) is 0.400. The molecular formula is C15H19N3O. The Kier molecular flexibility index (Phi) is 2.82. The minimum Gasteiger partial charge on any atom is -0.347 e. The number of hydrazine groups is 1. The molecule has 1 amide bonds. The number of nitrogen functional groups attached to an aromatic ring is 1. The standard InChI is InChI=1S/C15H19N3O/c1-9-3-5-13-11(7-9)12-8-10(15(19)17-16)4-6-14(12)18(13)2/h4,6,8-9H,3,5,7,16H2,1-2H3,(H,17,19). The van der Waals surface area contributed by atoms with Gasteiger partial charge in [-0.15, -0.1) is 0 Å². The highest BCUT2D eigenvalue weighted by Gasteiger charge is 2.22. The Labute approximate surface area is 112 Å². The van der Waals surface area contributed by atoms with Gasteiger partial charge in [0.25, 0.3) is 5.91 Å². The number of amides is 1. The van der Waals surface area contributed by atoms with Crippen LogP contribution in [0.3, 0.4) is 0 Å². The largest absolute Gasteiger partial charge is 0.347 e. The average Bonchev–Trinajstić information content (AvgIpc) is 2.70. The van der Waals surface area contributed by atoms with Crippen molar-refractivity contribution in [3.05, 3.63) is 35.0 Å². The highest BCUT2D eigenvalue weighted by molar-refractivity contribution is 5.99. The van der Waals surface area contributed by atoms with Crippen LogP contribution in [0.4, 0.5) is 0 Å². The van der Waals surface area contributed by atoms with Gasteiger partial charge >= 0.3 is 0 Å². The molecule has 0 bridgehead atoms. The molecule has 2 aromatic rings. The molecule has 19 heavy (non-hydrogen) atoms. The molecule has 1 heterocycles. The first kappa shape index (κ1) is 12.2. The van der Waals surface area contributed by atoms with Crippen molar-refractivity contribution in [3.8, 4) is 0 Å². The summed E-state index contributed by atoms with van der Waals surface area (Å²) in [6, 6.07) is 5.82. The summed E-state index contributed by atoms with van der Waals surface area (Å²) >= 11 is 0. The van der Waals surface area contributed by atoms with Gasteiger partial charge in [0.15, 0.2) is 0 Å². The van der Waals surface area contributed by atoms with Gasteiger partial charge in [0, 0.05) is 29.2 Å². The lowest BCUT2D eigenvalue weighted by Crippen LogP contribution is -2.29. The summed E-state index contributed by atoms with van der Waals surface area (Å²) in [5.74, 6) is 5.69. The molecule has 3 rings (SSSR count). The highest BCUT2D eigenvalue weighted by Crippen LogP contribution is 2.34. The topological polar surface area (TPSA) is 60.1 Å². The van der Waals surface area contributed by atoms with Crippen molar-refractivity contribution >= 4 is 16.8 Å². The van der Waals surface area contributed by atoms with E-state index in [2.05, 4.69) is 24.0 Å². The molecule has 0 saturated carbocycles. The SMILES string of the molecule is CC1CCc2c(c3cc(C(=O)NN)ccc3n2C)C1. The molecule has 0 saturated heterocycles. The first-order chi connectivity index (χ1) is 9.11. The zero-order valence-electron chi connectivity index (χ0n) is 11.4. The normalized spacial score (nSPS) is 18.4. The maximum absolute atomic E-state index is 11.7. The maximum atomic E-state index is 11.7. The van der Waals surface area contributed by atoms with Crippen LogP contribution in [0, 0.1) is 5.92 Å². The third-order valence-corrected chi connectivity index (χ3v) is 4.26. The summed E-state index contributed by atoms with van der Waals surface area (Å²) in [5.41, 5.74) is 6.84. The van der Waals surface area contributed by atoms with E-state index in [4.69, 9.17) is 5.84 Å². The molecule has 100 valence electrons. The second-order valence-electron chi connectivity index (χ2n) is 5.54. The summed E-state index contributed by atoms with van der Waals surface area (Å²) < 4.78 is 2.26. The molecule has 1 aliphatic carbocycles. The number of nitrogens with two attached hydrogens (primary N) is 1. The number of hydrogen-bond acceptors (Lipinski definition) is 2. The van der Waals surface area contributed by atoms with E-state index >= 15 is 0 Å². The molecule has 0 aliphatic heterocycles. The first-order valence-electron chi connectivity index (χ1n) is 6.73. The predicted octanol–water partition coefficient (Wildman–Crippen LogP) is 1.91. The first-order valence-corrected chi connectivity index (χ1v) is 6.73. The average molecular weight is 257 g/mol. The quantitative estimate of drug-likeness (QED) is 0.466. The maximum Gasteiger partial charge on any atom is 0.265 e. The van der Waals surface area contributed by atoms with Crippen LogP contribution in [-0.2, 0) is 19.9 Å². The molecule has 1 aromatic heterocycles. The van der Waals surface area contributed by atoms with Gasteiger partial charge in [0.2, 0.25) is 0 Å². The van der Waals surface area contributed by atoms with Crippen LogP contribution in [0.5, 0.6) is 0 Å². The van der Waals surface area contributed by atoms with Crippen LogP contribution in [0.2, 0.25) is 0 Å². The van der Waals surface area contributed by atoms with E-state index in [1.807, 2.05) is 18.2 Å². The lowest BCUT2D eigenvalue weighted by atomic mass is 9.87. The summed E-state index contributed by atoms with van der Waals surface area (Å²) in [6.07, 6.45) is 3.47. The van der Waals surface area contributed by atoms with Crippen molar-refractivity contribution in [3.63, 3.8) is 0 Å². The van der Waals surface area contributed by atoms with E-state index in [-0.39, 0.29) is 5.91 Å². The number of aryl methyl sites for hydroxylation is 1. The van der Waals surface area contributed by atoms with Gasteiger partial charge in [-0.3, -0.25) is 10.2 Å². The van der Waals surface area contributed by atoms with Crippen LogP contribution in [0.15, 0.2) is 18.2 Å². The number of hydrogen-bond donors (Lipinski definition) is 2. The molecule has 4 nitrogen and oxygen atoms in total. The molecule has 0 spiro atoms. The van der Waals surface area contributed by atoms with Crippen molar-refractivity contribution in [1.82, 2.24) is 9.99 Å². The Morgan fingerprint density at radius 2 is 2.26 bits per heavy atom. The Bertz CT molecular complexity index is 657. The number of carbonyl (C=O) groups is 1. The molecule has 0 radical (unpaired) electrons. The van der Waals surface area contributed by atoms with E-state index in [9.17, 15) is 4.79 Å². The third-order valence-electron chi connectivity index (χ3n) is 4.26. The summed E-state index contributed by atoms with van der Waals surface area (Å²) in [7, 11) is 2.11. The lowest BCUT2D eigenvalue weighted by Gasteiger charge is -2.19. The number of benzene rings is 1. The summed E-state index contributed by atoms with van der Waals surface area (Å²) in [4.78, 5) is 11.7. The summed E-state index contributed by atoms with van der Waals surface area (Å²) in [5, 5.41) is 1.20.